The number of carbonyl (C=O) groups is 1. The fourth-order valence-corrected chi connectivity index (χ4v) is 6.29. The van der Waals surface area contributed by atoms with Crippen molar-refractivity contribution in [1.29, 1.82) is 0 Å². The van der Waals surface area contributed by atoms with Gasteiger partial charge in [0.2, 0.25) is 0 Å². The summed E-state index contributed by atoms with van der Waals surface area (Å²) in [5.74, 6) is 1.81. The van der Waals surface area contributed by atoms with E-state index >= 15 is 0 Å². The second-order valence-electron chi connectivity index (χ2n) is 10.7. The largest absolute Gasteiger partial charge is 0.494 e. The van der Waals surface area contributed by atoms with E-state index in [0.29, 0.717) is 38.6 Å². The molecule has 36 heavy (non-hydrogen) atoms. The highest BCUT2D eigenvalue weighted by atomic mass is 16.6. The van der Waals surface area contributed by atoms with Gasteiger partial charge >= 0.3 is 5.97 Å². The van der Waals surface area contributed by atoms with Crippen LogP contribution in [0.4, 0.5) is 0 Å². The van der Waals surface area contributed by atoms with Gasteiger partial charge in [-0.25, -0.2) is 4.79 Å². The van der Waals surface area contributed by atoms with Crippen LogP contribution in [0.5, 0.6) is 0 Å². The molecule has 5 nitrogen and oxygen atoms in total. The normalized spacial score (nSPS) is 28.3. The molecule has 0 spiro atoms. The highest BCUT2D eigenvalue weighted by molar-refractivity contribution is 5.81. The maximum atomic E-state index is 11.4. The smallest absolute Gasteiger partial charge is 0.330 e. The van der Waals surface area contributed by atoms with Gasteiger partial charge in [0.1, 0.15) is 5.76 Å². The summed E-state index contributed by atoms with van der Waals surface area (Å²) < 4.78 is 24.6. The van der Waals surface area contributed by atoms with Crippen LogP contribution in [0.2, 0.25) is 0 Å². The molecule has 0 amide bonds. The minimum atomic E-state index is -0.375. The Hall–Kier alpha value is -1.59. The van der Waals surface area contributed by atoms with Gasteiger partial charge in [0.15, 0.2) is 0 Å². The van der Waals surface area contributed by atoms with E-state index in [1.165, 1.54) is 57.4 Å². The van der Waals surface area contributed by atoms with Crippen molar-refractivity contribution in [2.45, 2.75) is 115 Å². The third-order valence-electron chi connectivity index (χ3n) is 8.31. The standard InChI is InChI=1S/C31H52O5/c1-6-12-27-14-18-30(19-15-27,35-24-10-22-33-26(5)8-3)31(20-16-28(13-7-2)17-21-31)36-25-11-23-34-29(32)9-4/h8-9,27-28H,3-7,10-25H2,1-2H3. The predicted octanol–water partition coefficient (Wildman–Crippen LogP) is 7.70. The molecule has 0 radical (unpaired) electrons. The van der Waals surface area contributed by atoms with Gasteiger partial charge in [0.25, 0.3) is 0 Å². The number of ether oxygens (including phenoxy) is 4. The topological polar surface area (TPSA) is 54.0 Å². The van der Waals surface area contributed by atoms with Crippen LogP contribution in [0.25, 0.3) is 0 Å². The van der Waals surface area contributed by atoms with Crippen LogP contribution in [0.3, 0.4) is 0 Å². The molecule has 0 aromatic rings. The predicted molar refractivity (Wildman–Crippen MR) is 147 cm³/mol. The second kappa shape index (κ2) is 16.3. The minimum Gasteiger partial charge on any atom is -0.494 e. The van der Waals surface area contributed by atoms with Crippen LogP contribution in [-0.2, 0) is 23.7 Å². The van der Waals surface area contributed by atoms with Crippen molar-refractivity contribution in [2.75, 3.05) is 26.4 Å². The zero-order valence-corrected chi connectivity index (χ0v) is 23.2. The van der Waals surface area contributed by atoms with Gasteiger partial charge in [-0.05, 0) is 69.3 Å². The van der Waals surface area contributed by atoms with E-state index < -0.39 is 0 Å². The van der Waals surface area contributed by atoms with Crippen molar-refractivity contribution in [3.63, 3.8) is 0 Å². The van der Waals surface area contributed by atoms with Crippen molar-refractivity contribution < 1.29 is 23.7 Å². The van der Waals surface area contributed by atoms with Crippen molar-refractivity contribution >= 4 is 5.97 Å². The van der Waals surface area contributed by atoms with Crippen molar-refractivity contribution in [3.05, 3.63) is 37.6 Å². The van der Waals surface area contributed by atoms with Gasteiger partial charge in [-0.1, -0.05) is 59.3 Å². The van der Waals surface area contributed by atoms with Crippen LogP contribution in [0.15, 0.2) is 37.6 Å². The van der Waals surface area contributed by atoms with Crippen molar-refractivity contribution in [2.24, 2.45) is 11.8 Å². The van der Waals surface area contributed by atoms with Gasteiger partial charge in [0.05, 0.1) is 37.6 Å². The number of rotatable bonds is 18. The Morgan fingerprint density at radius 1 is 0.750 bits per heavy atom. The van der Waals surface area contributed by atoms with Crippen LogP contribution < -0.4 is 0 Å². The van der Waals surface area contributed by atoms with E-state index in [2.05, 4.69) is 33.6 Å². The maximum absolute atomic E-state index is 11.4. The Bertz CT molecular complexity index is 610. The fraction of sp³-hybridized carbons (Fsp3) is 0.774. The first kappa shape index (κ1) is 30.6. The molecule has 0 N–H and O–H groups in total. The Kier molecular flexibility index (Phi) is 13.9. The Labute approximate surface area is 220 Å². The monoisotopic (exact) mass is 504 g/mol. The van der Waals surface area contributed by atoms with E-state index in [0.717, 1.165) is 43.9 Å². The number of allylic oxidation sites excluding steroid dienone is 1. The average Bonchev–Trinajstić information content (AvgIpc) is 2.90. The van der Waals surface area contributed by atoms with Crippen LogP contribution in [0.1, 0.15) is 104 Å². The third-order valence-corrected chi connectivity index (χ3v) is 8.31. The van der Waals surface area contributed by atoms with Gasteiger partial charge in [0, 0.05) is 18.9 Å². The fourth-order valence-electron chi connectivity index (χ4n) is 6.29. The molecule has 0 bridgehead atoms. The summed E-state index contributed by atoms with van der Waals surface area (Å²) in [5, 5.41) is 0. The third kappa shape index (κ3) is 9.06. The lowest BCUT2D eigenvalue weighted by Gasteiger charge is -2.55. The molecule has 0 aromatic carbocycles. The lowest BCUT2D eigenvalue weighted by molar-refractivity contribution is -0.242. The molecule has 5 heteroatoms. The molecular weight excluding hydrogens is 452 g/mol. The van der Waals surface area contributed by atoms with Gasteiger partial charge in [-0.3, -0.25) is 0 Å². The average molecular weight is 505 g/mol. The SMILES string of the molecule is C=CC(=C)OCCCOC1(C2(OCCCOC(=O)C=C)CCC(CCC)CC2)CCC(CCC)CC1. The molecular formula is C31H52O5. The minimum absolute atomic E-state index is 0.262. The zero-order valence-electron chi connectivity index (χ0n) is 23.2. The Morgan fingerprint density at radius 2 is 1.19 bits per heavy atom. The molecule has 0 unspecified atom stereocenters. The van der Waals surface area contributed by atoms with Crippen LogP contribution in [0, 0.1) is 11.8 Å². The second-order valence-corrected chi connectivity index (χ2v) is 10.7. The first-order chi connectivity index (χ1) is 17.4. The van der Waals surface area contributed by atoms with E-state index in [1.54, 1.807) is 6.08 Å². The lowest BCUT2D eigenvalue weighted by Crippen LogP contribution is -2.60. The number of hydrogen-bond donors (Lipinski definition) is 0. The highest BCUT2D eigenvalue weighted by Gasteiger charge is 2.55. The van der Waals surface area contributed by atoms with Gasteiger partial charge < -0.3 is 18.9 Å². The van der Waals surface area contributed by atoms with Crippen molar-refractivity contribution in [3.8, 4) is 0 Å². The summed E-state index contributed by atoms with van der Waals surface area (Å²) in [6.45, 7) is 17.8. The summed E-state index contributed by atoms with van der Waals surface area (Å²) in [5.41, 5.74) is -0.538. The molecule has 2 fully saturated rings. The molecule has 0 aliphatic heterocycles. The molecule has 2 aliphatic rings. The maximum Gasteiger partial charge on any atom is 0.330 e. The van der Waals surface area contributed by atoms with Crippen molar-refractivity contribution in [1.82, 2.24) is 0 Å². The molecule has 2 aliphatic carbocycles. The van der Waals surface area contributed by atoms with Gasteiger partial charge in [-0.15, -0.1) is 0 Å². The molecule has 2 rings (SSSR count). The number of carbonyl (C=O) groups excluding carboxylic acids is 1. The number of esters is 1. The molecule has 0 saturated heterocycles. The first-order valence-corrected chi connectivity index (χ1v) is 14.5. The Morgan fingerprint density at radius 3 is 1.58 bits per heavy atom. The summed E-state index contributed by atoms with van der Waals surface area (Å²) in [7, 11) is 0. The zero-order chi connectivity index (χ0) is 26.3. The van der Waals surface area contributed by atoms with E-state index in [4.69, 9.17) is 18.9 Å². The summed E-state index contributed by atoms with van der Waals surface area (Å²) in [4.78, 5) is 11.4. The molecule has 2 saturated carbocycles. The first-order valence-electron chi connectivity index (χ1n) is 14.5. The molecule has 0 aromatic heterocycles. The number of hydrogen-bond acceptors (Lipinski definition) is 5. The molecule has 0 heterocycles. The van der Waals surface area contributed by atoms with Crippen LogP contribution in [-0.4, -0.2) is 43.6 Å². The van der Waals surface area contributed by atoms with E-state index in [-0.39, 0.29) is 17.2 Å². The molecule has 0 atom stereocenters. The van der Waals surface area contributed by atoms with Crippen LogP contribution >= 0.6 is 0 Å². The van der Waals surface area contributed by atoms with E-state index in [1.807, 2.05) is 0 Å². The van der Waals surface area contributed by atoms with Gasteiger partial charge in [-0.2, -0.15) is 0 Å². The summed E-state index contributed by atoms with van der Waals surface area (Å²) in [6, 6.07) is 0. The quantitative estimate of drug-likeness (QED) is 0.0629. The summed E-state index contributed by atoms with van der Waals surface area (Å²) in [6.07, 6.45) is 18.5. The molecule has 206 valence electrons. The Balaban J connectivity index is 2.13. The highest BCUT2D eigenvalue weighted by Crippen LogP contribution is 2.52. The summed E-state index contributed by atoms with van der Waals surface area (Å²) >= 11 is 0. The lowest BCUT2D eigenvalue weighted by atomic mass is 9.62. The van der Waals surface area contributed by atoms with E-state index in [9.17, 15) is 4.79 Å².